The van der Waals surface area contributed by atoms with Crippen LogP contribution in [-0.4, -0.2) is 48.7 Å². The Hall–Kier alpha value is -0.610. The lowest BCUT2D eigenvalue weighted by Crippen LogP contribution is -2.31. The van der Waals surface area contributed by atoms with Gasteiger partial charge in [-0.3, -0.25) is 4.79 Å². The minimum Gasteiger partial charge on any atom is -0.387 e. The van der Waals surface area contributed by atoms with Gasteiger partial charge in [0.15, 0.2) is 0 Å². The van der Waals surface area contributed by atoms with Gasteiger partial charge in [0.25, 0.3) is 0 Å². The van der Waals surface area contributed by atoms with Crippen LogP contribution in [0.15, 0.2) is 0 Å². The number of hydrogen-bond acceptors (Lipinski definition) is 3. The lowest BCUT2D eigenvalue weighted by Gasteiger charge is -2.17. The van der Waals surface area contributed by atoms with Crippen LogP contribution in [0.25, 0.3) is 0 Å². The summed E-state index contributed by atoms with van der Waals surface area (Å²) in [5, 5.41) is 11.0. The third-order valence-electron chi connectivity index (χ3n) is 2.01. The molecule has 0 unspecified atom stereocenters. The van der Waals surface area contributed by atoms with E-state index in [1.54, 1.807) is 0 Å². The van der Waals surface area contributed by atoms with E-state index in [9.17, 15) is 4.79 Å². The first-order chi connectivity index (χ1) is 6.24. The Kier molecular flexibility index (Phi) is 7.63. The van der Waals surface area contributed by atoms with Crippen LogP contribution in [0.1, 0.15) is 20.3 Å². The molecule has 0 aromatic heterocycles. The zero-order valence-electron chi connectivity index (χ0n) is 8.55. The molecule has 0 radical (unpaired) electrons. The van der Waals surface area contributed by atoms with Gasteiger partial charge in [0.1, 0.15) is 6.61 Å². The van der Waals surface area contributed by atoms with Crippen molar-refractivity contribution in [3.63, 3.8) is 0 Å². The van der Waals surface area contributed by atoms with Crippen molar-refractivity contribution in [1.82, 2.24) is 10.2 Å². The molecule has 2 N–H and O–H groups in total. The summed E-state index contributed by atoms with van der Waals surface area (Å²) in [6.07, 6.45) is 0.938. The van der Waals surface area contributed by atoms with Crippen molar-refractivity contribution in [3.05, 3.63) is 0 Å². The van der Waals surface area contributed by atoms with Crippen LogP contribution < -0.4 is 5.32 Å². The number of carbonyl (C=O) groups is 1. The Bertz CT molecular complexity index is 136. The van der Waals surface area contributed by atoms with Crippen LogP contribution in [0.5, 0.6) is 0 Å². The van der Waals surface area contributed by atoms with Crippen LogP contribution in [-0.2, 0) is 4.79 Å². The Morgan fingerprint density at radius 3 is 2.46 bits per heavy atom. The molecule has 0 bridgehead atoms. The molecule has 0 rings (SSSR count). The number of nitrogens with one attached hydrogen (secondary N) is 1. The number of amides is 1. The second-order valence-electron chi connectivity index (χ2n) is 2.89. The zero-order chi connectivity index (χ0) is 10.1. The molecule has 0 fully saturated rings. The molecule has 13 heavy (non-hydrogen) atoms. The number of carbonyl (C=O) groups excluding carboxylic acids is 1. The molecular weight excluding hydrogens is 168 g/mol. The first-order valence-corrected chi connectivity index (χ1v) is 4.84. The van der Waals surface area contributed by atoms with E-state index in [1.165, 1.54) is 0 Å². The molecule has 0 atom stereocenters. The second kappa shape index (κ2) is 8.01. The van der Waals surface area contributed by atoms with Crippen molar-refractivity contribution in [2.45, 2.75) is 20.3 Å². The summed E-state index contributed by atoms with van der Waals surface area (Å²) in [6.45, 7) is 7.57. The molecular formula is C9H20N2O2. The number of hydrogen-bond donors (Lipinski definition) is 2. The average Bonchev–Trinajstić information content (AvgIpc) is 2.18. The first kappa shape index (κ1) is 12.4. The van der Waals surface area contributed by atoms with E-state index in [1.807, 2.05) is 0 Å². The molecule has 4 heteroatoms. The van der Waals surface area contributed by atoms with Gasteiger partial charge in [-0.05, 0) is 26.1 Å². The maximum absolute atomic E-state index is 10.6. The van der Waals surface area contributed by atoms with Crippen molar-refractivity contribution in [2.24, 2.45) is 0 Å². The molecule has 0 heterocycles. The smallest absolute Gasteiger partial charge is 0.245 e. The molecule has 0 aliphatic heterocycles. The molecule has 0 saturated carbocycles. The highest BCUT2D eigenvalue weighted by Crippen LogP contribution is 1.88. The summed E-state index contributed by atoms with van der Waals surface area (Å²) in [6, 6.07) is 0. The molecule has 0 aliphatic rings. The quantitative estimate of drug-likeness (QED) is 0.545. The highest BCUT2D eigenvalue weighted by molar-refractivity contribution is 5.76. The normalized spacial score (nSPS) is 10.5. The molecule has 0 aliphatic carbocycles. The SMILES string of the molecule is CCN(CC)CCCNC(=O)CO. The summed E-state index contributed by atoms with van der Waals surface area (Å²) in [7, 11) is 0. The van der Waals surface area contributed by atoms with Gasteiger partial charge in [-0.15, -0.1) is 0 Å². The lowest BCUT2D eigenvalue weighted by atomic mass is 10.3. The largest absolute Gasteiger partial charge is 0.387 e. The van der Waals surface area contributed by atoms with Crippen LogP contribution in [0, 0.1) is 0 Å². The second-order valence-corrected chi connectivity index (χ2v) is 2.89. The van der Waals surface area contributed by atoms with E-state index in [-0.39, 0.29) is 5.91 Å². The minimum atomic E-state index is -0.411. The highest BCUT2D eigenvalue weighted by atomic mass is 16.3. The van der Waals surface area contributed by atoms with Gasteiger partial charge in [-0.2, -0.15) is 0 Å². The molecule has 0 aromatic carbocycles. The monoisotopic (exact) mass is 188 g/mol. The fraction of sp³-hybridized carbons (Fsp3) is 0.889. The van der Waals surface area contributed by atoms with Crippen LogP contribution in [0.3, 0.4) is 0 Å². The maximum Gasteiger partial charge on any atom is 0.245 e. The van der Waals surface area contributed by atoms with Gasteiger partial charge in [0.2, 0.25) is 5.91 Å². The lowest BCUT2D eigenvalue weighted by molar-refractivity contribution is -0.123. The number of nitrogens with zero attached hydrogens (tertiary/aromatic N) is 1. The standard InChI is InChI=1S/C9H20N2O2/c1-3-11(4-2)7-5-6-10-9(13)8-12/h12H,3-8H2,1-2H3,(H,10,13). The topological polar surface area (TPSA) is 52.6 Å². The molecule has 0 saturated heterocycles. The Morgan fingerprint density at radius 2 is 2.00 bits per heavy atom. The van der Waals surface area contributed by atoms with Crippen molar-refractivity contribution in [2.75, 3.05) is 32.8 Å². The molecule has 1 amide bonds. The van der Waals surface area contributed by atoms with E-state index in [0.717, 1.165) is 26.1 Å². The summed E-state index contributed by atoms with van der Waals surface area (Å²) in [5.41, 5.74) is 0. The van der Waals surface area contributed by atoms with Crippen LogP contribution >= 0.6 is 0 Å². The van der Waals surface area contributed by atoms with Crippen molar-refractivity contribution < 1.29 is 9.90 Å². The van der Waals surface area contributed by atoms with E-state index in [0.29, 0.717) is 6.54 Å². The predicted molar refractivity (Wildman–Crippen MR) is 52.5 cm³/mol. The fourth-order valence-electron chi connectivity index (χ4n) is 1.13. The third kappa shape index (κ3) is 6.54. The highest BCUT2D eigenvalue weighted by Gasteiger charge is 1.99. The molecule has 0 spiro atoms. The minimum absolute atomic E-state index is 0.292. The first-order valence-electron chi connectivity index (χ1n) is 4.84. The van der Waals surface area contributed by atoms with Gasteiger partial charge in [-0.25, -0.2) is 0 Å². The van der Waals surface area contributed by atoms with E-state index in [2.05, 4.69) is 24.1 Å². The number of aliphatic hydroxyl groups is 1. The van der Waals surface area contributed by atoms with Gasteiger partial charge < -0.3 is 15.3 Å². The van der Waals surface area contributed by atoms with Gasteiger partial charge in [0, 0.05) is 6.54 Å². The van der Waals surface area contributed by atoms with Crippen LogP contribution in [0.4, 0.5) is 0 Å². The Morgan fingerprint density at radius 1 is 1.38 bits per heavy atom. The van der Waals surface area contributed by atoms with Gasteiger partial charge >= 0.3 is 0 Å². The molecule has 4 nitrogen and oxygen atoms in total. The van der Waals surface area contributed by atoms with Gasteiger partial charge in [-0.1, -0.05) is 13.8 Å². The summed E-state index contributed by atoms with van der Waals surface area (Å²) in [4.78, 5) is 12.9. The third-order valence-corrected chi connectivity index (χ3v) is 2.01. The molecule has 78 valence electrons. The zero-order valence-corrected chi connectivity index (χ0v) is 8.55. The summed E-state index contributed by atoms with van der Waals surface area (Å²) in [5.74, 6) is -0.292. The summed E-state index contributed by atoms with van der Waals surface area (Å²) < 4.78 is 0. The molecule has 0 aromatic rings. The van der Waals surface area contributed by atoms with Crippen molar-refractivity contribution in [3.8, 4) is 0 Å². The van der Waals surface area contributed by atoms with E-state index in [4.69, 9.17) is 5.11 Å². The van der Waals surface area contributed by atoms with Crippen LogP contribution in [0.2, 0.25) is 0 Å². The number of rotatable bonds is 7. The van der Waals surface area contributed by atoms with Crippen molar-refractivity contribution in [1.29, 1.82) is 0 Å². The van der Waals surface area contributed by atoms with Gasteiger partial charge in [0.05, 0.1) is 0 Å². The van der Waals surface area contributed by atoms with E-state index >= 15 is 0 Å². The fourth-order valence-corrected chi connectivity index (χ4v) is 1.13. The predicted octanol–water partition coefficient (Wildman–Crippen LogP) is -0.173. The Balaban J connectivity index is 3.28. The van der Waals surface area contributed by atoms with Crippen molar-refractivity contribution >= 4 is 5.91 Å². The maximum atomic E-state index is 10.6. The number of aliphatic hydroxyl groups excluding tert-OH is 1. The summed E-state index contributed by atoms with van der Waals surface area (Å²) >= 11 is 0. The average molecular weight is 188 g/mol. The Labute approximate surface area is 79.9 Å². The van der Waals surface area contributed by atoms with E-state index < -0.39 is 6.61 Å².